The van der Waals surface area contributed by atoms with Crippen LogP contribution >= 0.6 is 0 Å². The number of hydrogen-bond acceptors (Lipinski definition) is 4. The molecule has 2 unspecified atom stereocenters. The first-order valence-corrected chi connectivity index (χ1v) is 4.82. The molecule has 0 amide bonds. The fraction of sp³-hybridized carbons (Fsp3) is 0.778. The van der Waals surface area contributed by atoms with Crippen molar-refractivity contribution in [2.24, 2.45) is 13.0 Å². The minimum Gasteiger partial charge on any atom is -0.396 e. The summed E-state index contributed by atoms with van der Waals surface area (Å²) in [6.07, 6.45) is 1.68. The third kappa shape index (κ3) is 2.78. The van der Waals surface area contributed by atoms with Crippen LogP contribution in [0.25, 0.3) is 0 Å². The highest BCUT2D eigenvalue weighted by molar-refractivity contribution is 4.84. The summed E-state index contributed by atoms with van der Waals surface area (Å²) in [4.78, 5) is 0. The molecule has 2 atom stereocenters. The lowest BCUT2D eigenvalue weighted by Crippen LogP contribution is -2.34. The molecule has 1 rings (SSSR count). The molecule has 5 heteroatoms. The van der Waals surface area contributed by atoms with Crippen molar-refractivity contribution in [2.45, 2.75) is 26.4 Å². The molecule has 1 heterocycles. The Balaban J connectivity index is 2.37. The van der Waals surface area contributed by atoms with Crippen LogP contribution in [-0.4, -0.2) is 32.5 Å². The Morgan fingerprint density at radius 1 is 1.57 bits per heavy atom. The van der Waals surface area contributed by atoms with Crippen molar-refractivity contribution in [3.8, 4) is 0 Å². The van der Waals surface area contributed by atoms with Gasteiger partial charge in [-0.05, 0) is 12.8 Å². The lowest BCUT2D eigenvalue weighted by atomic mass is 10.1. The predicted molar refractivity (Wildman–Crippen MR) is 53.6 cm³/mol. The molecule has 0 fully saturated rings. The largest absolute Gasteiger partial charge is 0.396 e. The van der Waals surface area contributed by atoms with E-state index in [4.69, 9.17) is 5.11 Å². The van der Waals surface area contributed by atoms with Crippen LogP contribution in [0, 0.1) is 5.92 Å². The van der Waals surface area contributed by atoms with Gasteiger partial charge >= 0.3 is 0 Å². The number of rotatable bonds is 5. The first-order chi connectivity index (χ1) is 6.65. The predicted octanol–water partition coefficient (Wildman–Crippen LogP) is -0.0784. The summed E-state index contributed by atoms with van der Waals surface area (Å²) < 4.78 is 1.88. The van der Waals surface area contributed by atoms with Crippen LogP contribution in [-0.2, 0) is 13.6 Å². The maximum atomic E-state index is 8.94. The Hall–Kier alpha value is -0.940. The highest BCUT2D eigenvalue weighted by atomic mass is 16.3. The molecule has 0 aliphatic rings. The molecule has 0 aromatic carbocycles. The van der Waals surface area contributed by atoms with Gasteiger partial charge in [-0.15, -0.1) is 10.2 Å². The van der Waals surface area contributed by atoms with Crippen molar-refractivity contribution >= 4 is 0 Å². The number of aromatic nitrogens is 3. The first kappa shape index (κ1) is 11.1. The molecule has 0 aliphatic carbocycles. The van der Waals surface area contributed by atoms with Gasteiger partial charge in [0.25, 0.3) is 0 Å². The molecule has 0 saturated heterocycles. The minimum absolute atomic E-state index is 0.201. The summed E-state index contributed by atoms with van der Waals surface area (Å²) >= 11 is 0. The zero-order valence-electron chi connectivity index (χ0n) is 8.94. The molecule has 0 radical (unpaired) electrons. The summed E-state index contributed by atoms with van der Waals surface area (Å²) in [5.41, 5.74) is 0. The standard InChI is InChI=1S/C9H18N4O/c1-7(5-14)8(2)10-4-9-12-11-6-13(9)3/h6-8,10,14H,4-5H2,1-3H3. The van der Waals surface area contributed by atoms with Crippen LogP contribution in [0.5, 0.6) is 0 Å². The van der Waals surface area contributed by atoms with Crippen molar-refractivity contribution in [3.05, 3.63) is 12.2 Å². The zero-order valence-corrected chi connectivity index (χ0v) is 8.94. The topological polar surface area (TPSA) is 63.0 Å². The van der Waals surface area contributed by atoms with Crippen molar-refractivity contribution in [2.75, 3.05) is 6.61 Å². The van der Waals surface area contributed by atoms with E-state index in [0.29, 0.717) is 6.54 Å². The number of hydrogen-bond donors (Lipinski definition) is 2. The average Bonchev–Trinajstić information content (AvgIpc) is 2.59. The zero-order chi connectivity index (χ0) is 10.6. The molecule has 1 aromatic rings. The van der Waals surface area contributed by atoms with E-state index in [1.165, 1.54) is 0 Å². The van der Waals surface area contributed by atoms with Crippen LogP contribution in [0.4, 0.5) is 0 Å². The number of nitrogens with zero attached hydrogens (tertiary/aromatic N) is 3. The van der Waals surface area contributed by atoms with Crippen LogP contribution in [0.3, 0.4) is 0 Å². The highest BCUT2D eigenvalue weighted by Crippen LogP contribution is 2.01. The second kappa shape index (κ2) is 5.07. The SMILES string of the molecule is CC(CO)C(C)NCc1nncn1C. The molecule has 14 heavy (non-hydrogen) atoms. The summed E-state index contributed by atoms with van der Waals surface area (Å²) in [5.74, 6) is 1.16. The van der Waals surface area contributed by atoms with Gasteiger partial charge in [0.05, 0.1) is 6.54 Å². The summed E-state index contributed by atoms with van der Waals surface area (Å²) in [7, 11) is 1.91. The quantitative estimate of drug-likeness (QED) is 0.694. The Labute approximate surface area is 84.2 Å². The number of aliphatic hydroxyl groups is 1. The third-order valence-corrected chi connectivity index (χ3v) is 2.53. The van der Waals surface area contributed by atoms with Gasteiger partial charge < -0.3 is 15.0 Å². The Bertz CT molecular complexity index is 274. The lowest BCUT2D eigenvalue weighted by molar-refractivity contribution is 0.206. The maximum Gasteiger partial charge on any atom is 0.146 e. The summed E-state index contributed by atoms with van der Waals surface area (Å²) in [6.45, 7) is 4.95. The van der Waals surface area contributed by atoms with E-state index >= 15 is 0 Å². The summed E-state index contributed by atoms with van der Waals surface area (Å²) in [6, 6.07) is 0.275. The van der Waals surface area contributed by atoms with Gasteiger partial charge in [-0.2, -0.15) is 0 Å². The highest BCUT2D eigenvalue weighted by Gasteiger charge is 2.11. The van der Waals surface area contributed by atoms with Crippen molar-refractivity contribution in [1.82, 2.24) is 20.1 Å². The van der Waals surface area contributed by atoms with Gasteiger partial charge in [-0.3, -0.25) is 0 Å². The Morgan fingerprint density at radius 2 is 2.29 bits per heavy atom. The molecular formula is C9H18N4O. The van der Waals surface area contributed by atoms with E-state index in [1.54, 1.807) is 6.33 Å². The second-order valence-corrected chi connectivity index (χ2v) is 3.69. The van der Waals surface area contributed by atoms with E-state index < -0.39 is 0 Å². The van der Waals surface area contributed by atoms with E-state index in [0.717, 1.165) is 5.82 Å². The molecule has 0 aliphatic heterocycles. The minimum atomic E-state index is 0.201. The number of aliphatic hydroxyl groups excluding tert-OH is 1. The Morgan fingerprint density at radius 3 is 2.79 bits per heavy atom. The first-order valence-electron chi connectivity index (χ1n) is 4.82. The lowest BCUT2D eigenvalue weighted by Gasteiger charge is -2.18. The molecule has 2 N–H and O–H groups in total. The molecule has 0 bridgehead atoms. The Kier molecular flexibility index (Phi) is 4.03. The smallest absolute Gasteiger partial charge is 0.146 e. The van der Waals surface area contributed by atoms with Crippen molar-refractivity contribution < 1.29 is 5.11 Å². The molecule has 1 aromatic heterocycles. The van der Waals surface area contributed by atoms with Crippen LogP contribution in [0.1, 0.15) is 19.7 Å². The van der Waals surface area contributed by atoms with Gasteiger partial charge in [0, 0.05) is 19.7 Å². The molecule has 0 spiro atoms. The maximum absolute atomic E-state index is 8.94. The molecule has 80 valence electrons. The van der Waals surface area contributed by atoms with Gasteiger partial charge in [0.15, 0.2) is 0 Å². The van der Waals surface area contributed by atoms with E-state index in [9.17, 15) is 0 Å². The second-order valence-electron chi connectivity index (χ2n) is 3.69. The molecule has 0 saturated carbocycles. The van der Waals surface area contributed by atoms with Crippen molar-refractivity contribution in [1.29, 1.82) is 0 Å². The van der Waals surface area contributed by atoms with Crippen molar-refractivity contribution in [3.63, 3.8) is 0 Å². The van der Waals surface area contributed by atoms with Gasteiger partial charge in [0.1, 0.15) is 12.2 Å². The monoisotopic (exact) mass is 198 g/mol. The van der Waals surface area contributed by atoms with E-state index in [2.05, 4.69) is 22.4 Å². The average molecular weight is 198 g/mol. The van der Waals surface area contributed by atoms with Gasteiger partial charge in [-0.25, -0.2) is 0 Å². The normalized spacial score (nSPS) is 15.4. The van der Waals surface area contributed by atoms with E-state index in [-0.39, 0.29) is 18.6 Å². The van der Waals surface area contributed by atoms with E-state index in [1.807, 2.05) is 18.5 Å². The fourth-order valence-corrected chi connectivity index (χ4v) is 1.08. The van der Waals surface area contributed by atoms with Gasteiger partial charge in [-0.1, -0.05) is 6.92 Å². The summed E-state index contributed by atoms with van der Waals surface area (Å²) in [5, 5.41) is 20.0. The number of nitrogens with one attached hydrogen (secondary N) is 1. The third-order valence-electron chi connectivity index (χ3n) is 2.53. The molecule has 5 nitrogen and oxygen atoms in total. The van der Waals surface area contributed by atoms with Crippen LogP contribution < -0.4 is 5.32 Å². The van der Waals surface area contributed by atoms with Crippen LogP contribution in [0.15, 0.2) is 6.33 Å². The van der Waals surface area contributed by atoms with Gasteiger partial charge in [0.2, 0.25) is 0 Å². The number of aryl methyl sites for hydroxylation is 1. The molecular weight excluding hydrogens is 180 g/mol. The fourth-order valence-electron chi connectivity index (χ4n) is 1.08. The van der Waals surface area contributed by atoms with Crippen LogP contribution in [0.2, 0.25) is 0 Å².